The summed E-state index contributed by atoms with van der Waals surface area (Å²) in [5, 5.41) is 0. The van der Waals surface area contributed by atoms with Crippen LogP contribution in [0.3, 0.4) is 0 Å². The van der Waals surface area contributed by atoms with Gasteiger partial charge in [0.1, 0.15) is 13.8 Å². The van der Waals surface area contributed by atoms with Crippen molar-refractivity contribution >= 4 is 14.3 Å². The van der Waals surface area contributed by atoms with E-state index in [0.717, 1.165) is 5.56 Å². The van der Waals surface area contributed by atoms with Gasteiger partial charge in [-0.3, -0.25) is 0 Å². The maximum absolute atomic E-state index is 12.3. The first kappa shape index (κ1) is 19.2. The molecule has 0 radical (unpaired) electrons. The fourth-order valence-corrected chi connectivity index (χ4v) is 2.65. The van der Waals surface area contributed by atoms with Crippen LogP contribution in [0.5, 0.6) is 0 Å². The second kappa shape index (κ2) is 7.26. The van der Waals surface area contributed by atoms with Crippen LogP contribution < -0.4 is 18.9 Å². The Balaban J connectivity index is 0.00000361. The van der Waals surface area contributed by atoms with Crippen LogP contribution >= 0.6 is 0 Å². The summed E-state index contributed by atoms with van der Waals surface area (Å²) in [6.45, 7) is 13.9. The van der Waals surface area contributed by atoms with E-state index in [0.29, 0.717) is 0 Å². The van der Waals surface area contributed by atoms with Crippen LogP contribution in [-0.2, 0) is 4.74 Å². The van der Waals surface area contributed by atoms with Gasteiger partial charge in [0, 0.05) is 0 Å². The van der Waals surface area contributed by atoms with E-state index in [4.69, 9.17) is 4.74 Å². The van der Waals surface area contributed by atoms with Gasteiger partial charge in [0.2, 0.25) is 0 Å². The molecule has 0 unspecified atom stereocenters. The fraction of sp³-hybridized carbons (Fsp3) is 0.467. The van der Waals surface area contributed by atoms with Gasteiger partial charge in [-0.15, -0.1) is 12.1 Å². The molecule has 0 aromatic heterocycles. The zero-order chi connectivity index (χ0) is 14.7. The summed E-state index contributed by atoms with van der Waals surface area (Å²) in [6.07, 6.45) is -0.268. The van der Waals surface area contributed by atoms with Crippen LogP contribution in [-0.4, -0.2) is 24.5 Å². The Kier molecular flexibility index (Phi) is 6.96. The van der Waals surface area contributed by atoms with Crippen LogP contribution in [0, 0.1) is 6.54 Å². The second-order valence-corrected chi connectivity index (χ2v) is 11.4. The maximum Gasteiger partial charge on any atom is 1.00 e. The molecule has 0 aliphatic carbocycles. The molecule has 3 nitrogen and oxygen atoms in total. The zero-order valence-electron chi connectivity index (χ0n) is 13.7. The third-order valence-electron chi connectivity index (χ3n) is 2.39. The summed E-state index contributed by atoms with van der Waals surface area (Å²) in [5.41, 5.74) is 0.537. The van der Waals surface area contributed by atoms with Crippen molar-refractivity contribution in [3.8, 4) is 0 Å². The predicted molar refractivity (Wildman–Crippen MR) is 81.3 cm³/mol. The van der Waals surface area contributed by atoms with Crippen molar-refractivity contribution in [1.82, 2.24) is 4.57 Å². The van der Waals surface area contributed by atoms with Gasteiger partial charge in [-0.05, 0) is 20.8 Å². The van der Waals surface area contributed by atoms with E-state index in [1.165, 1.54) is 0 Å². The number of carbonyl (C=O) groups excluding carboxylic acids is 1. The third-order valence-corrected chi connectivity index (χ3v) is 4.15. The number of hydrogen-bond acceptors (Lipinski definition) is 2. The number of ether oxygens (including phenoxy) is 1. The Labute approximate surface area is 136 Å². The van der Waals surface area contributed by atoms with Crippen LogP contribution in [0.2, 0.25) is 19.6 Å². The SMILES string of the molecule is CC(C)(C)OC(=O)N([CH-]c1ccccc1)[Si](C)(C)C.[Li+]. The molecule has 0 spiro atoms. The maximum atomic E-state index is 12.3. The van der Waals surface area contributed by atoms with Crippen molar-refractivity contribution in [2.45, 2.75) is 46.0 Å². The molecule has 0 saturated heterocycles. The van der Waals surface area contributed by atoms with Gasteiger partial charge in [-0.2, -0.15) is 17.7 Å². The summed E-state index contributed by atoms with van der Waals surface area (Å²) in [5.74, 6) is 0. The topological polar surface area (TPSA) is 29.5 Å². The predicted octanol–water partition coefficient (Wildman–Crippen LogP) is 1.27. The Bertz CT molecular complexity index is 424. The number of carbonyl (C=O) groups is 1. The number of benzene rings is 1. The molecule has 20 heavy (non-hydrogen) atoms. The summed E-state index contributed by atoms with van der Waals surface area (Å²) >= 11 is 0. The fourth-order valence-electron chi connectivity index (χ4n) is 1.52. The minimum atomic E-state index is -1.83. The van der Waals surface area contributed by atoms with Gasteiger partial charge < -0.3 is 9.30 Å². The molecular weight excluding hydrogens is 261 g/mol. The third kappa shape index (κ3) is 6.56. The van der Waals surface area contributed by atoms with Crippen molar-refractivity contribution in [3.05, 3.63) is 42.4 Å². The minimum Gasteiger partial charge on any atom is -0.445 e. The van der Waals surface area contributed by atoms with Gasteiger partial charge >= 0.3 is 25.0 Å². The van der Waals surface area contributed by atoms with Gasteiger partial charge in [0.15, 0.2) is 0 Å². The van der Waals surface area contributed by atoms with Crippen molar-refractivity contribution in [2.24, 2.45) is 0 Å². The van der Waals surface area contributed by atoms with E-state index in [9.17, 15) is 4.79 Å². The van der Waals surface area contributed by atoms with Gasteiger partial charge in [-0.25, -0.2) is 4.79 Å². The first-order valence-corrected chi connectivity index (χ1v) is 9.96. The minimum absolute atomic E-state index is 0. The van der Waals surface area contributed by atoms with Crippen LogP contribution in [0.25, 0.3) is 0 Å². The molecule has 0 N–H and O–H groups in total. The Hall–Kier alpha value is -0.826. The smallest absolute Gasteiger partial charge is 0.445 e. The average molecular weight is 285 g/mol. The molecule has 0 heterocycles. The molecule has 0 fully saturated rings. The molecule has 0 bridgehead atoms. The van der Waals surface area contributed by atoms with Crippen molar-refractivity contribution in [1.29, 1.82) is 0 Å². The van der Waals surface area contributed by atoms with E-state index < -0.39 is 13.8 Å². The largest absolute Gasteiger partial charge is 1.00 e. The standard InChI is InChI=1S/C15H24NO2Si.Li/c1-15(2,3)18-14(17)16(19(4,5)6)12-13-10-8-7-9-11-13;/h7-12H,1-6H3;/q-1;+1. The van der Waals surface area contributed by atoms with Crippen LogP contribution in [0.4, 0.5) is 4.79 Å². The molecule has 1 rings (SSSR count). The van der Waals surface area contributed by atoms with Gasteiger partial charge in [-0.1, -0.05) is 32.3 Å². The van der Waals surface area contributed by atoms with E-state index in [2.05, 4.69) is 19.6 Å². The molecule has 1 aromatic carbocycles. The molecule has 106 valence electrons. The number of hydrogen-bond donors (Lipinski definition) is 0. The van der Waals surface area contributed by atoms with Crippen LogP contribution in [0.1, 0.15) is 26.3 Å². The van der Waals surface area contributed by atoms with Crippen molar-refractivity contribution in [3.63, 3.8) is 0 Å². The van der Waals surface area contributed by atoms with Gasteiger partial charge in [0.25, 0.3) is 0 Å². The van der Waals surface area contributed by atoms with E-state index in [1.54, 1.807) is 4.57 Å². The molecule has 0 aliphatic heterocycles. The molecule has 0 atom stereocenters. The number of rotatable bonds is 3. The molecule has 1 amide bonds. The summed E-state index contributed by atoms with van der Waals surface area (Å²) in [4.78, 5) is 12.3. The Morgan fingerprint density at radius 1 is 1.15 bits per heavy atom. The van der Waals surface area contributed by atoms with E-state index in [-0.39, 0.29) is 25.0 Å². The van der Waals surface area contributed by atoms with Crippen molar-refractivity contribution in [2.75, 3.05) is 0 Å². The molecule has 0 saturated carbocycles. The Morgan fingerprint density at radius 3 is 2.05 bits per heavy atom. The normalized spacial score (nSPS) is 11.3. The molecular formula is C15H24LiNO2Si. The first-order chi connectivity index (χ1) is 8.59. The summed E-state index contributed by atoms with van der Waals surface area (Å²) in [7, 11) is -1.83. The zero-order valence-corrected chi connectivity index (χ0v) is 14.7. The van der Waals surface area contributed by atoms with Gasteiger partial charge in [0.05, 0.1) is 0 Å². The molecule has 5 heteroatoms. The average Bonchev–Trinajstić information content (AvgIpc) is 2.23. The van der Waals surface area contributed by atoms with Crippen molar-refractivity contribution < 1.29 is 28.4 Å². The Morgan fingerprint density at radius 2 is 1.65 bits per heavy atom. The molecule has 1 aromatic rings. The van der Waals surface area contributed by atoms with E-state index in [1.807, 2.05) is 57.6 Å². The second-order valence-electron chi connectivity index (χ2n) is 6.56. The number of nitrogens with zero attached hydrogens (tertiary/aromatic N) is 1. The summed E-state index contributed by atoms with van der Waals surface area (Å²) in [6, 6.07) is 9.85. The number of amides is 1. The van der Waals surface area contributed by atoms with E-state index >= 15 is 0 Å². The summed E-state index contributed by atoms with van der Waals surface area (Å²) < 4.78 is 7.26. The quantitative estimate of drug-likeness (QED) is 0.618. The van der Waals surface area contributed by atoms with Crippen LogP contribution in [0.15, 0.2) is 30.3 Å². The molecule has 0 aliphatic rings. The monoisotopic (exact) mass is 285 g/mol. The first-order valence-electron chi connectivity index (χ1n) is 6.52.